The molecule has 0 atom stereocenters. The van der Waals surface area contributed by atoms with Gasteiger partial charge in [0.1, 0.15) is 0 Å². The van der Waals surface area contributed by atoms with Crippen LogP contribution in [0, 0.1) is 13.8 Å². The van der Waals surface area contributed by atoms with Crippen molar-refractivity contribution in [3.05, 3.63) is 59.2 Å². The van der Waals surface area contributed by atoms with Gasteiger partial charge in [-0.3, -0.25) is 4.79 Å². The Morgan fingerprint density at radius 1 is 1.09 bits per heavy atom. The normalized spacial score (nSPS) is 10.4. The second-order valence-corrected chi connectivity index (χ2v) is 5.86. The first-order chi connectivity index (χ1) is 11.0. The van der Waals surface area contributed by atoms with Gasteiger partial charge in [-0.15, -0.1) is 0 Å². The maximum Gasteiger partial charge on any atom is 0.243 e. The first-order valence-electron chi connectivity index (χ1n) is 8.25. The molecule has 23 heavy (non-hydrogen) atoms. The first kappa shape index (κ1) is 17.1. The Bertz CT molecular complexity index is 679. The van der Waals surface area contributed by atoms with Crippen molar-refractivity contribution in [1.29, 1.82) is 0 Å². The van der Waals surface area contributed by atoms with E-state index in [4.69, 9.17) is 0 Å². The zero-order chi connectivity index (χ0) is 16.8. The molecule has 1 amide bonds. The summed E-state index contributed by atoms with van der Waals surface area (Å²) in [6.45, 7) is 9.43. The minimum absolute atomic E-state index is 0.0253. The van der Waals surface area contributed by atoms with Crippen molar-refractivity contribution in [1.82, 2.24) is 0 Å². The lowest BCUT2D eigenvalue weighted by Gasteiger charge is -2.23. The Labute approximate surface area is 139 Å². The summed E-state index contributed by atoms with van der Waals surface area (Å²) in [6.07, 6.45) is 0.909. The van der Waals surface area contributed by atoms with Crippen molar-refractivity contribution in [2.75, 3.05) is 23.3 Å². The largest absolute Gasteiger partial charge is 0.362 e. The Balaban J connectivity index is 2.12. The maximum absolute atomic E-state index is 12.5. The third-order valence-electron chi connectivity index (χ3n) is 4.09. The second-order valence-electron chi connectivity index (χ2n) is 5.86. The molecule has 2 rings (SSSR count). The minimum Gasteiger partial charge on any atom is -0.362 e. The maximum atomic E-state index is 12.5. The van der Waals surface area contributed by atoms with E-state index in [9.17, 15) is 4.79 Å². The zero-order valence-electron chi connectivity index (χ0n) is 14.5. The molecule has 0 bridgehead atoms. The molecule has 122 valence electrons. The molecule has 2 aromatic rings. The van der Waals surface area contributed by atoms with Gasteiger partial charge >= 0.3 is 0 Å². The van der Waals surface area contributed by atoms with Crippen LogP contribution >= 0.6 is 0 Å². The van der Waals surface area contributed by atoms with Crippen LogP contribution in [0.25, 0.3) is 0 Å². The SMILES string of the molecule is CCc1cccc(C)c1NC(=O)CN(CC)c1cccc(C)c1. The van der Waals surface area contributed by atoms with Gasteiger partial charge < -0.3 is 10.2 Å². The number of amides is 1. The molecule has 0 unspecified atom stereocenters. The highest BCUT2D eigenvalue weighted by Crippen LogP contribution is 2.21. The highest BCUT2D eigenvalue weighted by atomic mass is 16.2. The summed E-state index contributed by atoms with van der Waals surface area (Å²) < 4.78 is 0. The number of likely N-dealkylation sites (N-methyl/N-ethyl adjacent to an activating group) is 1. The van der Waals surface area contributed by atoms with E-state index in [0.717, 1.165) is 29.9 Å². The van der Waals surface area contributed by atoms with Crippen molar-refractivity contribution >= 4 is 17.3 Å². The van der Waals surface area contributed by atoms with E-state index in [0.29, 0.717) is 6.54 Å². The van der Waals surface area contributed by atoms with Gasteiger partial charge in [-0.1, -0.05) is 37.3 Å². The Kier molecular flexibility index (Phi) is 5.80. The predicted molar refractivity (Wildman–Crippen MR) is 98.3 cm³/mol. The number of hydrogen-bond acceptors (Lipinski definition) is 2. The number of carbonyl (C=O) groups excluding carboxylic acids is 1. The first-order valence-corrected chi connectivity index (χ1v) is 8.25. The van der Waals surface area contributed by atoms with Gasteiger partial charge in [0.15, 0.2) is 0 Å². The number of para-hydroxylation sites is 1. The fourth-order valence-electron chi connectivity index (χ4n) is 2.76. The lowest BCUT2D eigenvalue weighted by molar-refractivity contribution is -0.115. The van der Waals surface area contributed by atoms with Gasteiger partial charge in [0.2, 0.25) is 5.91 Å². The van der Waals surface area contributed by atoms with Crippen LogP contribution < -0.4 is 10.2 Å². The summed E-state index contributed by atoms with van der Waals surface area (Å²) in [6, 6.07) is 14.4. The molecule has 0 aliphatic carbocycles. The molecule has 0 spiro atoms. The van der Waals surface area contributed by atoms with Crippen molar-refractivity contribution < 1.29 is 4.79 Å². The third kappa shape index (κ3) is 4.35. The van der Waals surface area contributed by atoms with E-state index >= 15 is 0 Å². The lowest BCUT2D eigenvalue weighted by atomic mass is 10.1. The van der Waals surface area contributed by atoms with Crippen LogP contribution in [0.3, 0.4) is 0 Å². The summed E-state index contributed by atoms with van der Waals surface area (Å²) in [4.78, 5) is 14.6. The topological polar surface area (TPSA) is 32.3 Å². The average Bonchev–Trinajstić information content (AvgIpc) is 2.54. The number of benzene rings is 2. The molecule has 0 heterocycles. The number of nitrogens with zero attached hydrogens (tertiary/aromatic N) is 1. The fourth-order valence-corrected chi connectivity index (χ4v) is 2.76. The Morgan fingerprint density at radius 2 is 1.83 bits per heavy atom. The highest BCUT2D eigenvalue weighted by molar-refractivity contribution is 5.95. The standard InChI is InChI=1S/C20H26N2O/c1-5-17-11-8-10-16(4)20(17)21-19(23)14-22(6-2)18-12-7-9-15(3)13-18/h7-13H,5-6,14H2,1-4H3,(H,21,23). The van der Waals surface area contributed by atoms with E-state index < -0.39 is 0 Å². The van der Waals surface area contributed by atoms with E-state index in [2.05, 4.69) is 55.3 Å². The van der Waals surface area contributed by atoms with Crippen LogP contribution in [-0.4, -0.2) is 19.0 Å². The van der Waals surface area contributed by atoms with Crippen LogP contribution in [0.1, 0.15) is 30.5 Å². The highest BCUT2D eigenvalue weighted by Gasteiger charge is 2.13. The summed E-state index contributed by atoms with van der Waals surface area (Å²) >= 11 is 0. The van der Waals surface area contributed by atoms with Crippen LogP contribution in [0.4, 0.5) is 11.4 Å². The number of rotatable bonds is 6. The van der Waals surface area contributed by atoms with Crippen LogP contribution in [-0.2, 0) is 11.2 Å². The molecule has 0 fully saturated rings. The van der Waals surface area contributed by atoms with Crippen molar-refractivity contribution in [3.63, 3.8) is 0 Å². The van der Waals surface area contributed by atoms with Crippen molar-refractivity contribution in [3.8, 4) is 0 Å². The molecule has 0 saturated carbocycles. The van der Waals surface area contributed by atoms with Crippen LogP contribution in [0.5, 0.6) is 0 Å². The van der Waals surface area contributed by atoms with Gasteiger partial charge in [0, 0.05) is 17.9 Å². The molecule has 0 aromatic heterocycles. The molecule has 1 N–H and O–H groups in total. The number of nitrogens with one attached hydrogen (secondary N) is 1. The third-order valence-corrected chi connectivity index (χ3v) is 4.09. The van der Waals surface area contributed by atoms with Crippen molar-refractivity contribution in [2.24, 2.45) is 0 Å². The number of aryl methyl sites for hydroxylation is 3. The lowest BCUT2D eigenvalue weighted by Crippen LogP contribution is -2.33. The van der Waals surface area contributed by atoms with Gasteiger partial charge in [0.05, 0.1) is 6.54 Å². The monoisotopic (exact) mass is 310 g/mol. The van der Waals surface area contributed by atoms with Gasteiger partial charge in [0.25, 0.3) is 0 Å². The minimum atomic E-state index is 0.0253. The quantitative estimate of drug-likeness (QED) is 0.861. The summed E-state index contributed by atoms with van der Waals surface area (Å²) in [5.41, 5.74) is 5.53. The van der Waals surface area contributed by atoms with Gasteiger partial charge in [-0.25, -0.2) is 0 Å². The molecule has 3 nitrogen and oxygen atoms in total. The molecular formula is C20H26N2O. The predicted octanol–water partition coefficient (Wildman–Crippen LogP) is 4.33. The van der Waals surface area contributed by atoms with Crippen LogP contribution in [0.2, 0.25) is 0 Å². The number of hydrogen-bond donors (Lipinski definition) is 1. The summed E-state index contributed by atoms with van der Waals surface area (Å²) in [5.74, 6) is 0.0253. The van der Waals surface area contributed by atoms with Crippen LogP contribution in [0.15, 0.2) is 42.5 Å². The molecule has 2 aromatic carbocycles. The Morgan fingerprint density at radius 3 is 2.48 bits per heavy atom. The van der Waals surface area contributed by atoms with E-state index in [1.54, 1.807) is 0 Å². The summed E-state index contributed by atoms with van der Waals surface area (Å²) in [5, 5.41) is 3.10. The smallest absolute Gasteiger partial charge is 0.243 e. The Hall–Kier alpha value is -2.29. The average molecular weight is 310 g/mol. The molecule has 3 heteroatoms. The van der Waals surface area contributed by atoms with E-state index in [-0.39, 0.29) is 5.91 Å². The molecule has 0 aliphatic heterocycles. The van der Waals surface area contributed by atoms with Gasteiger partial charge in [-0.05, 0) is 56.0 Å². The zero-order valence-corrected chi connectivity index (χ0v) is 14.5. The summed E-state index contributed by atoms with van der Waals surface area (Å²) in [7, 11) is 0. The molecule has 0 radical (unpaired) electrons. The fraction of sp³-hybridized carbons (Fsp3) is 0.350. The van der Waals surface area contributed by atoms with Crippen molar-refractivity contribution in [2.45, 2.75) is 34.1 Å². The second kappa shape index (κ2) is 7.82. The van der Waals surface area contributed by atoms with E-state index in [1.807, 2.05) is 25.1 Å². The molecular weight excluding hydrogens is 284 g/mol. The molecule has 0 aliphatic rings. The molecule has 0 saturated heterocycles. The van der Waals surface area contributed by atoms with E-state index in [1.165, 1.54) is 11.1 Å². The van der Waals surface area contributed by atoms with Gasteiger partial charge in [-0.2, -0.15) is 0 Å². The number of carbonyl (C=O) groups is 1. The number of anilines is 2.